The molecule has 1 aliphatic heterocycles. The fraction of sp³-hybridized carbons (Fsp3) is 1.00. The lowest BCUT2D eigenvalue weighted by Crippen LogP contribution is -2.61. The van der Waals surface area contributed by atoms with Crippen LogP contribution >= 0.6 is 0 Å². The maximum atomic E-state index is 5.96. The maximum absolute atomic E-state index is 5.96. The third-order valence-electron chi connectivity index (χ3n) is 3.68. The Morgan fingerprint density at radius 1 is 0.950 bits per heavy atom. The predicted molar refractivity (Wildman–Crippen MR) is 73.8 cm³/mol. The summed E-state index contributed by atoms with van der Waals surface area (Å²) in [6.07, 6.45) is -0.641. The Balaban J connectivity index is 2.87. The van der Waals surface area contributed by atoms with E-state index >= 15 is 0 Å². The summed E-state index contributed by atoms with van der Waals surface area (Å²) >= 11 is 0. The first-order chi connectivity index (χ1) is 9.62. The highest BCUT2D eigenvalue weighted by atomic mass is 16.7. The quantitative estimate of drug-likeness (QED) is 0.670. The molecule has 0 aromatic rings. The summed E-state index contributed by atoms with van der Waals surface area (Å²) in [5.41, 5.74) is 0. The zero-order chi connectivity index (χ0) is 15.1. The first-order valence-corrected chi connectivity index (χ1v) is 7.01. The number of ether oxygens (including phenoxy) is 6. The Hall–Kier alpha value is -0.240. The van der Waals surface area contributed by atoms with Gasteiger partial charge in [-0.2, -0.15) is 0 Å². The van der Waals surface area contributed by atoms with E-state index in [1.807, 2.05) is 6.92 Å². The number of methoxy groups -OCH3 is 4. The van der Waals surface area contributed by atoms with E-state index in [1.165, 1.54) is 0 Å². The standard InChI is InChI=1S/C14H28O6/c1-7-9(2)19-14-13(18-6)12(17-5)11(16-4)10(20-14)8-15-3/h9-14H,7-8H2,1-6H3/t9-,10-,11-,12+,13-,14+/m1/s1. The van der Waals surface area contributed by atoms with Crippen LogP contribution in [0.1, 0.15) is 20.3 Å². The van der Waals surface area contributed by atoms with E-state index in [0.29, 0.717) is 6.61 Å². The smallest absolute Gasteiger partial charge is 0.187 e. The van der Waals surface area contributed by atoms with Crippen LogP contribution in [0.3, 0.4) is 0 Å². The topological polar surface area (TPSA) is 55.4 Å². The fourth-order valence-corrected chi connectivity index (χ4v) is 2.41. The van der Waals surface area contributed by atoms with Gasteiger partial charge in [-0.05, 0) is 13.3 Å². The van der Waals surface area contributed by atoms with E-state index in [1.54, 1.807) is 28.4 Å². The fourth-order valence-electron chi connectivity index (χ4n) is 2.41. The Morgan fingerprint density at radius 3 is 2.00 bits per heavy atom. The van der Waals surface area contributed by atoms with Crippen molar-refractivity contribution in [2.24, 2.45) is 0 Å². The third kappa shape index (κ3) is 4.13. The third-order valence-corrected chi connectivity index (χ3v) is 3.68. The SMILES string of the molecule is CC[C@@H](C)O[C@H]1O[C@H](COC)[C@@H](OC)[C@H](OC)[C@H]1OC. The Labute approximate surface area is 121 Å². The van der Waals surface area contributed by atoms with Crippen LogP contribution in [-0.4, -0.2) is 71.9 Å². The van der Waals surface area contributed by atoms with Gasteiger partial charge >= 0.3 is 0 Å². The molecule has 0 N–H and O–H groups in total. The minimum atomic E-state index is -0.494. The van der Waals surface area contributed by atoms with Gasteiger partial charge in [-0.3, -0.25) is 0 Å². The second kappa shape index (κ2) is 8.92. The lowest BCUT2D eigenvalue weighted by atomic mass is 9.98. The summed E-state index contributed by atoms with van der Waals surface area (Å²) in [7, 11) is 6.52. The Kier molecular flexibility index (Phi) is 7.94. The van der Waals surface area contributed by atoms with Crippen LogP contribution in [0, 0.1) is 0 Å². The van der Waals surface area contributed by atoms with Gasteiger partial charge < -0.3 is 28.4 Å². The Bertz CT molecular complexity index is 262. The zero-order valence-corrected chi connectivity index (χ0v) is 13.3. The summed E-state index contributed by atoms with van der Waals surface area (Å²) in [5.74, 6) is 0. The van der Waals surface area contributed by atoms with Crippen LogP contribution in [0.5, 0.6) is 0 Å². The average molecular weight is 292 g/mol. The minimum absolute atomic E-state index is 0.0810. The second-order valence-corrected chi connectivity index (χ2v) is 4.95. The van der Waals surface area contributed by atoms with Crippen LogP contribution in [0.25, 0.3) is 0 Å². The van der Waals surface area contributed by atoms with E-state index in [0.717, 1.165) is 6.42 Å². The van der Waals surface area contributed by atoms with Gasteiger partial charge in [0.1, 0.15) is 24.4 Å². The molecule has 0 amide bonds. The first-order valence-electron chi connectivity index (χ1n) is 7.01. The normalized spacial score (nSPS) is 36.0. The molecule has 1 fully saturated rings. The van der Waals surface area contributed by atoms with Gasteiger partial charge in [0, 0.05) is 28.4 Å². The molecule has 0 radical (unpaired) electrons. The van der Waals surface area contributed by atoms with E-state index in [-0.39, 0.29) is 30.5 Å². The van der Waals surface area contributed by atoms with Crippen molar-refractivity contribution < 1.29 is 28.4 Å². The molecular formula is C14H28O6. The molecule has 0 aromatic carbocycles. The van der Waals surface area contributed by atoms with Crippen LogP contribution in [-0.2, 0) is 28.4 Å². The molecule has 20 heavy (non-hydrogen) atoms. The molecule has 6 nitrogen and oxygen atoms in total. The molecule has 1 aliphatic rings. The van der Waals surface area contributed by atoms with Crippen LogP contribution in [0.15, 0.2) is 0 Å². The van der Waals surface area contributed by atoms with Gasteiger partial charge in [-0.15, -0.1) is 0 Å². The van der Waals surface area contributed by atoms with Crippen LogP contribution < -0.4 is 0 Å². The summed E-state index contributed by atoms with van der Waals surface area (Å²) in [6.45, 7) is 4.48. The minimum Gasteiger partial charge on any atom is -0.382 e. The predicted octanol–water partition coefficient (Wildman–Crippen LogP) is 1.22. The molecule has 0 aliphatic carbocycles. The molecular weight excluding hydrogens is 264 g/mol. The number of rotatable bonds is 8. The van der Waals surface area contributed by atoms with E-state index in [2.05, 4.69) is 6.92 Å². The van der Waals surface area contributed by atoms with Crippen LogP contribution in [0.4, 0.5) is 0 Å². The van der Waals surface area contributed by atoms with Crippen molar-refractivity contribution >= 4 is 0 Å². The second-order valence-electron chi connectivity index (χ2n) is 4.95. The molecule has 120 valence electrons. The van der Waals surface area contributed by atoms with Gasteiger partial charge in [0.05, 0.1) is 12.7 Å². The first kappa shape index (κ1) is 17.8. The summed E-state index contributed by atoms with van der Waals surface area (Å²) in [5, 5.41) is 0. The van der Waals surface area contributed by atoms with Crippen molar-refractivity contribution in [2.75, 3.05) is 35.0 Å². The monoisotopic (exact) mass is 292 g/mol. The number of hydrogen-bond donors (Lipinski definition) is 0. The lowest BCUT2D eigenvalue weighted by molar-refractivity contribution is -0.321. The largest absolute Gasteiger partial charge is 0.382 e. The molecule has 0 bridgehead atoms. The van der Waals surface area contributed by atoms with Crippen molar-refractivity contribution in [1.82, 2.24) is 0 Å². The molecule has 0 saturated carbocycles. The molecule has 6 heteroatoms. The molecule has 0 aromatic heterocycles. The summed E-state index contributed by atoms with van der Waals surface area (Å²) < 4.78 is 33.6. The van der Waals surface area contributed by atoms with E-state index < -0.39 is 6.29 Å². The lowest BCUT2D eigenvalue weighted by Gasteiger charge is -2.45. The summed E-state index contributed by atoms with van der Waals surface area (Å²) in [4.78, 5) is 0. The molecule has 1 heterocycles. The number of hydrogen-bond acceptors (Lipinski definition) is 6. The summed E-state index contributed by atoms with van der Waals surface area (Å²) in [6, 6.07) is 0. The highest BCUT2D eigenvalue weighted by Crippen LogP contribution is 2.28. The van der Waals surface area contributed by atoms with Crippen LogP contribution in [0.2, 0.25) is 0 Å². The van der Waals surface area contributed by atoms with Crippen molar-refractivity contribution in [3.63, 3.8) is 0 Å². The van der Waals surface area contributed by atoms with Crippen molar-refractivity contribution in [1.29, 1.82) is 0 Å². The van der Waals surface area contributed by atoms with Gasteiger partial charge in [0.15, 0.2) is 6.29 Å². The van der Waals surface area contributed by atoms with Gasteiger partial charge in [0.2, 0.25) is 0 Å². The molecule has 1 rings (SSSR count). The molecule has 0 unspecified atom stereocenters. The van der Waals surface area contributed by atoms with Crippen molar-refractivity contribution in [3.8, 4) is 0 Å². The molecule has 6 atom stereocenters. The average Bonchev–Trinajstić information content (AvgIpc) is 2.46. The highest BCUT2D eigenvalue weighted by Gasteiger charge is 2.47. The molecule has 0 spiro atoms. The Morgan fingerprint density at radius 2 is 1.55 bits per heavy atom. The van der Waals surface area contributed by atoms with Gasteiger partial charge in [-0.1, -0.05) is 6.92 Å². The van der Waals surface area contributed by atoms with Crippen molar-refractivity contribution in [3.05, 3.63) is 0 Å². The maximum Gasteiger partial charge on any atom is 0.187 e. The van der Waals surface area contributed by atoms with Gasteiger partial charge in [-0.25, -0.2) is 0 Å². The van der Waals surface area contributed by atoms with E-state index in [4.69, 9.17) is 28.4 Å². The zero-order valence-electron chi connectivity index (χ0n) is 13.3. The van der Waals surface area contributed by atoms with Gasteiger partial charge in [0.25, 0.3) is 0 Å². The highest BCUT2D eigenvalue weighted by molar-refractivity contribution is 4.92. The van der Waals surface area contributed by atoms with Crippen molar-refractivity contribution in [2.45, 2.75) is 57.1 Å². The van der Waals surface area contributed by atoms with E-state index in [9.17, 15) is 0 Å². The molecule has 1 saturated heterocycles.